The highest BCUT2D eigenvalue weighted by Crippen LogP contribution is 2.28. The molecule has 0 bridgehead atoms. The summed E-state index contributed by atoms with van der Waals surface area (Å²) in [5.41, 5.74) is 0.938. The van der Waals surface area contributed by atoms with E-state index in [9.17, 15) is 9.90 Å². The molecule has 1 fully saturated rings. The maximum Gasteiger partial charge on any atom is 0.407 e. The van der Waals surface area contributed by atoms with Crippen LogP contribution in [0.15, 0.2) is 42.5 Å². The van der Waals surface area contributed by atoms with Gasteiger partial charge in [0.1, 0.15) is 12.7 Å². The number of nitrogens with zero attached hydrogens (tertiary/aromatic N) is 1. The van der Waals surface area contributed by atoms with Gasteiger partial charge in [-0.3, -0.25) is 4.90 Å². The molecule has 6 heteroatoms. The first-order valence-corrected chi connectivity index (χ1v) is 11.4. The number of carbonyl (C=O) groups excluding carboxylic acids is 1. The van der Waals surface area contributed by atoms with Crippen LogP contribution in [0, 0.1) is 0 Å². The van der Waals surface area contributed by atoms with Crippen LogP contribution in [-0.4, -0.2) is 35.2 Å². The highest BCUT2D eigenvalue weighted by molar-refractivity contribution is 7.12. The number of benzene rings is 1. The summed E-state index contributed by atoms with van der Waals surface area (Å²) in [7, 11) is 0. The van der Waals surface area contributed by atoms with Crippen molar-refractivity contribution < 1.29 is 14.6 Å². The maximum absolute atomic E-state index is 12.2. The van der Waals surface area contributed by atoms with Gasteiger partial charge in [0.05, 0.1) is 6.04 Å². The lowest BCUT2D eigenvalue weighted by Crippen LogP contribution is -2.38. The Morgan fingerprint density at radius 1 is 1.14 bits per heavy atom. The maximum atomic E-state index is 12.2. The Kier molecular flexibility index (Phi) is 8.52. The van der Waals surface area contributed by atoms with E-state index in [4.69, 9.17) is 4.74 Å². The first-order valence-electron chi connectivity index (χ1n) is 10.6. The van der Waals surface area contributed by atoms with Crippen LogP contribution in [0.25, 0.3) is 0 Å². The highest BCUT2D eigenvalue weighted by atomic mass is 32.1. The van der Waals surface area contributed by atoms with Gasteiger partial charge in [-0.1, -0.05) is 50.1 Å². The second kappa shape index (κ2) is 11.3. The second-order valence-electron chi connectivity index (χ2n) is 7.66. The highest BCUT2D eigenvalue weighted by Gasteiger charge is 2.24. The fourth-order valence-electron chi connectivity index (χ4n) is 3.67. The lowest BCUT2D eigenvalue weighted by Gasteiger charge is -2.22. The number of carbonyl (C=O) groups is 1. The zero-order chi connectivity index (χ0) is 20.5. The quantitative estimate of drug-likeness (QED) is 0.645. The summed E-state index contributed by atoms with van der Waals surface area (Å²) in [6, 6.07) is 13.3. The zero-order valence-electron chi connectivity index (χ0n) is 17.2. The molecule has 2 atom stereocenters. The van der Waals surface area contributed by atoms with Gasteiger partial charge in [0, 0.05) is 16.3 Å². The third-order valence-electron chi connectivity index (χ3n) is 5.39. The summed E-state index contributed by atoms with van der Waals surface area (Å²) >= 11 is 1.64. The number of ether oxygens (including phenoxy) is 1. The number of nitrogens with one attached hydrogen (secondary N) is 1. The molecule has 1 amide bonds. The van der Waals surface area contributed by atoms with Crippen molar-refractivity contribution in [2.75, 3.05) is 13.1 Å². The van der Waals surface area contributed by atoms with E-state index in [1.54, 1.807) is 11.3 Å². The predicted molar refractivity (Wildman–Crippen MR) is 117 cm³/mol. The van der Waals surface area contributed by atoms with E-state index < -0.39 is 12.2 Å². The molecule has 2 unspecified atom stereocenters. The van der Waals surface area contributed by atoms with Crippen molar-refractivity contribution in [3.8, 4) is 0 Å². The zero-order valence-corrected chi connectivity index (χ0v) is 18.0. The van der Waals surface area contributed by atoms with Crippen LogP contribution in [0.5, 0.6) is 0 Å². The van der Waals surface area contributed by atoms with Gasteiger partial charge < -0.3 is 15.2 Å². The van der Waals surface area contributed by atoms with Crippen molar-refractivity contribution in [3.63, 3.8) is 0 Å². The summed E-state index contributed by atoms with van der Waals surface area (Å²) in [4.78, 5) is 16.8. The number of hydrogen-bond acceptors (Lipinski definition) is 5. The van der Waals surface area contributed by atoms with E-state index >= 15 is 0 Å². The predicted octanol–water partition coefficient (Wildman–Crippen LogP) is 4.86. The summed E-state index contributed by atoms with van der Waals surface area (Å²) in [6.07, 6.45) is 4.60. The SMILES string of the molecule is CCC(NC(=O)OCc1ccccc1)C(O)c1ccc(CN2CCCCCC2)s1. The van der Waals surface area contributed by atoms with Crippen LogP contribution in [0.3, 0.4) is 0 Å². The topological polar surface area (TPSA) is 61.8 Å². The molecule has 1 aromatic heterocycles. The summed E-state index contributed by atoms with van der Waals surface area (Å²) in [5, 5.41) is 13.6. The molecule has 0 aliphatic carbocycles. The van der Waals surface area contributed by atoms with Gasteiger partial charge in [0.25, 0.3) is 0 Å². The van der Waals surface area contributed by atoms with Crippen LogP contribution in [0.4, 0.5) is 4.79 Å². The van der Waals surface area contributed by atoms with E-state index in [0.29, 0.717) is 6.42 Å². The standard InChI is InChI=1S/C23H32N2O3S/c1-2-20(24-23(27)28-17-18-10-6-5-7-11-18)22(26)21-13-12-19(29-21)16-25-14-8-3-4-9-15-25/h5-7,10-13,20,22,26H,2-4,8-9,14-17H2,1H3,(H,24,27). The van der Waals surface area contributed by atoms with Gasteiger partial charge in [0.2, 0.25) is 0 Å². The van der Waals surface area contributed by atoms with Crippen molar-refractivity contribution >= 4 is 17.4 Å². The third kappa shape index (κ3) is 6.84. The van der Waals surface area contributed by atoms with Crippen molar-refractivity contribution in [3.05, 3.63) is 57.8 Å². The van der Waals surface area contributed by atoms with E-state index in [2.05, 4.69) is 16.3 Å². The van der Waals surface area contributed by atoms with Crippen LogP contribution in [0.2, 0.25) is 0 Å². The van der Waals surface area contributed by atoms with Gasteiger partial charge in [0.15, 0.2) is 0 Å². The fourth-order valence-corrected chi connectivity index (χ4v) is 4.78. The number of hydrogen-bond donors (Lipinski definition) is 2. The van der Waals surface area contributed by atoms with Crippen molar-refractivity contribution in [2.45, 2.75) is 64.3 Å². The minimum atomic E-state index is -0.729. The molecular weight excluding hydrogens is 384 g/mol. The average Bonchev–Trinajstić information content (AvgIpc) is 3.06. The minimum Gasteiger partial charge on any atom is -0.445 e. The first kappa shape index (κ1) is 21.8. The number of alkyl carbamates (subject to hydrolysis) is 1. The molecule has 158 valence electrons. The van der Waals surface area contributed by atoms with Crippen molar-refractivity contribution in [1.29, 1.82) is 0 Å². The third-order valence-corrected chi connectivity index (χ3v) is 6.53. The second-order valence-corrected chi connectivity index (χ2v) is 8.86. The van der Waals surface area contributed by atoms with Gasteiger partial charge in [-0.15, -0.1) is 11.3 Å². The Labute approximate surface area is 177 Å². The lowest BCUT2D eigenvalue weighted by molar-refractivity contribution is 0.102. The molecule has 0 saturated carbocycles. The Morgan fingerprint density at radius 3 is 2.55 bits per heavy atom. The Hall–Kier alpha value is -1.89. The summed E-state index contributed by atoms with van der Waals surface area (Å²) < 4.78 is 5.30. The number of aliphatic hydroxyl groups is 1. The van der Waals surface area contributed by atoms with Gasteiger partial charge in [-0.25, -0.2) is 4.79 Å². The number of thiophene rings is 1. The van der Waals surface area contributed by atoms with Gasteiger partial charge >= 0.3 is 6.09 Å². The van der Waals surface area contributed by atoms with E-state index in [1.807, 2.05) is 43.3 Å². The molecule has 1 aliphatic heterocycles. The molecule has 2 aromatic rings. The van der Waals surface area contributed by atoms with Crippen LogP contribution in [0.1, 0.15) is 60.4 Å². The van der Waals surface area contributed by atoms with Gasteiger partial charge in [-0.05, 0) is 50.0 Å². The summed E-state index contributed by atoms with van der Waals surface area (Å²) in [6.45, 7) is 5.43. The first-order chi connectivity index (χ1) is 14.2. The average molecular weight is 417 g/mol. The van der Waals surface area contributed by atoms with E-state index in [1.165, 1.54) is 30.6 Å². The Bertz CT molecular complexity index is 742. The molecule has 1 saturated heterocycles. The fraction of sp³-hybridized carbons (Fsp3) is 0.522. The molecule has 1 aliphatic rings. The van der Waals surface area contributed by atoms with Crippen molar-refractivity contribution in [2.24, 2.45) is 0 Å². The molecule has 29 heavy (non-hydrogen) atoms. The molecular formula is C23H32N2O3S. The largest absolute Gasteiger partial charge is 0.445 e. The Morgan fingerprint density at radius 2 is 1.86 bits per heavy atom. The molecule has 5 nitrogen and oxygen atoms in total. The van der Waals surface area contributed by atoms with E-state index in [-0.39, 0.29) is 12.6 Å². The molecule has 0 radical (unpaired) electrons. The number of likely N-dealkylation sites (tertiary alicyclic amines) is 1. The number of rotatable bonds is 8. The molecule has 0 spiro atoms. The Balaban J connectivity index is 1.51. The summed E-state index contributed by atoms with van der Waals surface area (Å²) in [5.74, 6) is 0. The minimum absolute atomic E-state index is 0.220. The lowest BCUT2D eigenvalue weighted by atomic mass is 10.1. The molecule has 1 aromatic carbocycles. The van der Waals surface area contributed by atoms with E-state index in [0.717, 1.165) is 30.1 Å². The monoisotopic (exact) mass is 416 g/mol. The van der Waals surface area contributed by atoms with Crippen LogP contribution < -0.4 is 5.32 Å². The van der Waals surface area contributed by atoms with Crippen molar-refractivity contribution in [1.82, 2.24) is 10.2 Å². The van der Waals surface area contributed by atoms with Gasteiger partial charge in [-0.2, -0.15) is 0 Å². The molecule has 2 N–H and O–H groups in total. The number of aliphatic hydroxyl groups excluding tert-OH is 1. The van der Waals surface area contributed by atoms with Crippen LogP contribution in [-0.2, 0) is 17.9 Å². The van der Waals surface area contributed by atoms with Crippen LogP contribution >= 0.6 is 11.3 Å². The number of amides is 1. The smallest absolute Gasteiger partial charge is 0.407 e. The normalized spacial score (nSPS) is 17.3. The molecule has 3 rings (SSSR count). The molecule has 2 heterocycles.